The summed E-state index contributed by atoms with van der Waals surface area (Å²) in [5, 5.41) is 13.4. The molecule has 0 bridgehead atoms. The summed E-state index contributed by atoms with van der Waals surface area (Å²) in [6.07, 6.45) is 6.55. The van der Waals surface area contributed by atoms with Gasteiger partial charge in [0.2, 0.25) is 0 Å². The number of methoxy groups -OCH3 is 1. The van der Waals surface area contributed by atoms with Crippen LogP contribution in [0.2, 0.25) is 0 Å². The lowest BCUT2D eigenvalue weighted by atomic mass is 10.2. The molecule has 9 heteroatoms. The van der Waals surface area contributed by atoms with Gasteiger partial charge in [-0.05, 0) is 36.6 Å². The van der Waals surface area contributed by atoms with Crippen molar-refractivity contribution in [2.45, 2.75) is 31.7 Å². The van der Waals surface area contributed by atoms with E-state index in [0.29, 0.717) is 17.1 Å². The third kappa shape index (κ3) is 7.54. The highest BCUT2D eigenvalue weighted by molar-refractivity contribution is 5.96. The largest absolute Gasteiger partial charge is 0.493 e. The Morgan fingerprint density at radius 1 is 1.24 bits per heavy atom. The lowest BCUT2D eigenvalue weighted by Crippen LogP contribution is -2.44. The van der Waals surface area contributed by atoms with Gasteiger partial charge in [0.25, 0.3) is 5.91 Å². The van der Waals surface area contributed by atoms with Crippen LogP contribution in [0.25, 0.3) is 6.08 Å². The van der Waals surface area contributed by atoms with Crippen molar-refractivity contribution in [1.29, 1.82) is 5.26 Å². The van der Waals surface area contributed by atoms with Crippen LogP contribution in [-0.4, -0.2) is 44.3 Å². The molecule has 2 N–H and O–H groups in total. The molecule has 2 rings (SSSR count). The van der Waals surface area contributed by atoms with Crippen molar-refractivity contribution < 1.29 is 28.6 Å². The maximum absolute atomic E-state index is 11.8. The maximum Gasteiger partial charge on any atom is 0.331 e. The molecule has 1 saturated carbocycles. The van der Waals surface area contributed by atoms with Crippen molar-refractivity contribution in [3.63, 3.8) is 0 Å². The minimum Gasteiger partial charge on any atom is -0.493 e. The summed E-state index contributed by atoms with van der Waals surface area (Å²) in [5.74, 6) is -0.632. The van der Waals surface area contributed by atoms with Crippen LogP contribution in [0.1, 0.15) is 31.2 Å². The molecule has 0 saturated heterocycles. The molecule has 1 fully saturated rings. The van der Waals surface area contributed by atoms with Crippen molar-refractivity contribution in [3.05, 3.63) is 29.8 Å². The number of carbonyl (C=O) groups excluding carboxylic acids is 3. The van der Waals surface area contributed by atoms with Crippen molar-refractivity contribution in [1.82, 2.24) is 10.6 Å². The highest BCUT2D eigenvalue weighted by Crippen LogP contribution is 2.28. The van der Waals surface area contributed by atoms with Crippen LogP contribution in [0.3, 0.4) is 0 Å². The van der Waals surface area contributed by atoms with Gasteiger partial charge in [-0.25, -0.2) is 9.59 Å². The minimum absolute atomic E-state index is 0.0852. The molecule has 1 aromatic rings. The summed E-state index contributed by atoms with van der Waals surface area (Å²) >= 11 is 0. The van der Waals surface area contributed by atoms with Crippen LogP contribution in [-0.2, 0) is 14.3 Å². The van der Waals surface area contributed by atoms with Crippen molar-refractivity contribution >= 4 is 24.0 Å². The number of amides is 3. The first-order valence-corrected chi connectivity index (χ1v) is 9.14. The van der Waals surface area contributed by atoms with Gasteiger partial charge in [-0.1, -0.05) is 18.9 Å². The highest BCUT2D eigenvalue weighted by Gasteiger charge is 2.18. The van der Waals surface area contributed by atoms with Crippen molar-refractivity contribution in [2.75, 3.05) is 20.3 Å². The highest BCUT2D eigenvalue weighted by atomic mass is 16.5. The molecule has 29 heavy (non-hydrogen) atoms. The van der Waals surface area contributed by atoms with E-state index < -0.39 is 24.5 Å². The Hall–Kier alpha value is -3.54. The van der Waals surface area contributed by atoms with E-state index >= 15 is 0 Å². The van der Waals surface area contributed by atoms with Gasteiger partial charge < -0.3 is 19.5 Å². The van der Waals surface area contributed by atoms with Gasteiger partial charge in [-0.15, -0.1) is 0 Å². The molecular weight excluding hydrogens is 378 g/mol. The average Bonchev–Trinajstić information content (AvgIpc) is 3.22. The molecule has 0 aliphatic heterocycles. The Balaban J connectivity index is 1.77. The van der Waals surface area contributed by atoms with Crippen LogP contribution >= 0.6 is 0 Å². The van der Waals surface area contributed by atoms with E-state index in [4.69, 9.17) is 19.5 Å². The number of rotatable bonds is 8. The molecule has 1 aliphatic carbocycles. The fourth-order valence-electron chi connectivity index (χ4n) is 2.82. The summed E-state index contributed by atoms with van der Waals surface area (Å²) in [4.78, 5) is 35.1. The summed E-state index contributed by atoms with van der Waals surface area (Å²) in [6, 6.07) is 6.26. The molecule has 0 unspecified atom stereocenters. The fourth-order valence-corrected chi connectivity index (χ4v) is 2.82. The van der Waals surface area contributed by atoms with Gasteiger partial charge in [-0.2, -0.15) is 5.26 Å². The fraction of sp³-hybridized carbons (Fsp3) is 0.400. The molecule has 3 amide bonds. The minimum atomic E-state index is -0.736. The summed E-state index contributed by atoms with van der Waals surface area (Å²) in [5.41, 5.74) is 0.628. The van der Waals surface area contributed by atoms with Crippen LogP contribution in [0.4, 0.5) is 4.79 Å². The van der Waals surface area contributed by atoms with Gasteiger partial charge in [-0.3, -0.25) is 10.1 Å². The SMILES string of the molecule is COc1cc(/C=C/C(=O)OCC(=O)NC(=O)NC2CCCC2)ccc1OCC#N. The first-order chi connectivity index (χ1) is 14.0. The quantitative estimate of drug-likeness (QED) is 0.503. The molecule has 0 heterocycles. The van der Waals surface area contributed by atoms with Crippen molar-refractivity contribution in [2.24, 2.45) is 0 Å². The molecule has 0 radical (unpaired) electrons. The van der Waals surface area contributed by atoms with Crippen LogP contribution in [0.5, 0.6) is 11.5 Å². The van der Waals surface area contributed by atoms with Gasteiger partial charge in [0.1, 0.15) is 6.07 Å². The number of ether oxygens (including phenoxy) is 3. The second-order valence-corrected chi connectivity index (χ2v) is 6.30. The van der Waals surface area contributed by atoms with E-state index in [2.05, 4.69) is 10.6 Å². The standard InChI is InChI=1S/C20H23N3O6/c1-27-17-12-14(6-8-16(17)28-11-10-21)7-9-19(25)29-13-18(24)23-20(26)22-15-4-2-3-5-15/h6-9,12,15H,2-5,11,13H2,1H3,(H2,22,23,24,26)/b9-7+. The number of benzene rings is 1. The summed E-state index contributed by atoms with van der Waals surface area (Å²) in [6.45, 7) is -0.676. The van der Waals surface area contributed by atoms with Crippen LogP contribution in [0, 0.1) is 11.3 Å². The zero-order chi connectivity index (χ0) is 21.1. The molecule has 9 nitrogen and oxygen atoms in total. The second-order valence-electron chi connectivity index (χ2n) is 6.30. The number of nitrogens with one attached hydrogen (secondary N) is 2. The number of esters is 1. The summed E-state index contributed by atoms with van der Waals surface area (Å²) < 4.78 is 15.2. The lowest BCUT2D eigenvalue weighted by molar-refractivity contribution is -0.143. The Bertz CT molecular complexity index is 809. The Morgan fingerprint density at radius 2 is 2.00 bits per heavy atom. The molecule has 0 atom stereocenters. The number of nitriles is 1. The predicted octanol–water partition coefficient (Wildman–Crippen LogP) is 1.92. The van der Waals surface area contributed by atoms with E-state index in [-0.39, 0.29) is 12.6 Å². The van der Waals surface area contributed by atoms with E-state index in [0.717, 1.165) is 31.8 Å². The Morgan fingerprint density at radius 3 is 2.69 bits per heavy atom. The van der Waals surface area contributed by atoms with Crippen molar-refractivity contribution in [3.8, 4) is 17.6 Å². The van der Waals surface area contributed by atoms with E-state index in [9.17, 15) is 14.4 Å². The Kier molecular flexibility index (Phi) is 8.51. The van der Waals surface area contributed by atoms with Gasteiger partial charge in [0.05, 0.1) is 7.11 Å². The van der Waals surface area contributed by atoms with Crippen LogP contribution < -0.4 is 20.1 Å². The van der Waals surface area contributed by atoms with E-state index in [1.54, 1.807) is 18.2 Å². The normalized spacial score (nSPS) is 13.5. The topological polar surface area (TPSA) is 127 Å². The van der Waals surface area contributed by atoms with Gasteiger partial charge in [0.15, 0.2) is 24.7 Å². The number of imide groups is 1. The molecule has 0 aromatic heterocycles. The zero-order valence-electron chi connectivity index (χ0n) is 16.1. The third-order valence-corrected chi connectivity index (χ3v) is 4.18. The molecule has 1 aliphatic rings. The Labute approximate surface area is 168 Å². The lowest BCUT2D eigenvalue weighted by Gasteiger charge is -2.12. The second kappa shape index (κ2) is 11.3. The first kappa shape index (κ1) is 21.8. The number of hydrogen-bond acceptors (Lipinski definition) is 7. The number of nitrogens with zero attached hydrogens (tertiary/aromatic N) is 1. The molecule has 0 spiro atoms. The average molecular weight is 401 g/mol. The number of carbonyl (C=O) groups is 3. The maximum atomic E-state index is 11.8. The van der Waals surface area contributed by atoms with E-state index in [1.807, 2.05) is 6.07 Å². The zero-order valence-corrected chi connectivity index (χ0v) is 16.1. The smallest absolute Gasteiger partial charge is 0.331 e. The summed E-state index contributed by atoms with van der Waals surface area (Å²) in [7, 11) is 1.46. The van der Waals surface area contributed by atoms with Gasteiger partial charge in [0, 0.05) is 12.1 Å². The molecule has 1 aromatic carbocycles. The van der Waals surface area contributed by atoms with E-state index in [1.165, 1.54) is 13.2 Å². The van der Waals surface area contributed by atoms with Crippen LogP contribution in [0.15, 0.2) is 24.3 Å². The number of hydrogen-bond donors (Lipinski definition) is 2. The number of urea groups is 1. The molecular formula is C20H23N3O6. The van der Waals surface area contributed by atoms with Gasteiger partial charge >= 0.3 is 12.0 Å². The monoisotopic (exact) mass is 401 g/mol. The molecule has 154 valence electrons. The predicted molar refractivity (Wildman–Crippen MR) is 103 cm³/mol. The third-order valence-electron chi connectivity index (χ3n) is 4.18. The first-order valence-electron chi connectivity index (χ1n) is 9.14.